The molecule has 0 fully saturated rings. The molecule has 0 saturated carbocycles. The maximum atomic E-state index is 11.1. The molecule has 1 aromatic carbocycles. The zero-order valence-corrected chi connectivity index (χ0v) is 8.59. The number of aromatic hydroxyl groups is 2. The number of carbonyl (C=O) groups excluding carboxylic acids is 1. The van der Waals surface area contributed by atoms with E-state index in [0.717, 1.165) is 0 Å². The van der Waals surface area contributed by atoms with E-state index in [1.807, 2.05) is 0 Å². The van der Waals surface area contributed by atoms with Crippen molar-refractivity contribution < 1.29 is 19.7 Å². The molecule has 84 valence electrons. The third kappa shape index (κ3) is 3.49. The minimum absolute atomic E-state index is 0.157. The van der Waals surface area contributed by atoms with Gasteiger partial charge >= 0.3 is 5.97 Å². The number of esters is 1. The van der Waals surface area contributed by atoms with Crippen LogP contribution in [0.15, 0.2) is 36.9 Å². The van der Waals surface area contributed by atoms with E-state index in [0.29, 0.717) is 5.56 Å². The second kappa shape index (κ2) is 5.60. The van der Waals surface area contributed by atoms with E-state index in [-0.39, 0.29) is 18.1 Å². The van der Waals surface area contributed by atoms with Crippen molar-refractivity contribution in [3.05, 3.63) is 42.5 Å². The summed E-state index contributed by atoms with van der Waals surface area (Å²) in [6.07, 6.45) is 4.18. The Kier molecular flexibility index (Phi) is 4.15. The summed E-state index contributed by atoms with van der Waals surface area (Å²) in [6, 6.07) is 4.24. The summed E-state index contributed by atoms with van der Waals surface area (Å²) >= 11 is 0. The molecule has 2 N–H and O–H groups in total. The number of phenols is 2. The summed E-state index contributed by atoms with van der Waals surface area (Å²) in [6.45, 7) is 3.57. The Bertz CT molecular complexity index is 421. The molecule has 0 heterocycles. The zero-order valence-electron chi connectivity index (χ0n) is 8.59. The highest BCUT2D eigenvalue weighted by Crippen LogP contribution is 2.25. The fraction of sp³-hybridized carbons (Fsp3) is 0.0833. The molecule has 0 bridgehead atoms. The van der Waals surface area contributed by atoms with E-state index >= 15 is 0 Å². The van der Waals surface area contributed by atoms with Crippen molar-refractivity contribution in [1.29, 1.82) is 0 Å². The number of benzene rings is 1. The van der Waals surface area contributed by atoms with Crippen LogP contribution in [0, 0.1) is 0 Å². The fourth-order valence-electron chi connectivity index (χ4n) is 0.998. The van der Waals surface area contributed by atoms with Gasteiger partial charge in [-0.25, -0.2) is 4.79 Å². The van der Waals surface area contributed by atoms with Crippen LogP contribution in [0.3, 0.4) is 0 Å². The van der Waals surface area contributed by atoms with E-state index in [4.69, 9.17) is 9.84 Å². The average Bonchev–Trinajstić information content (AvgIpc) is 2.28. The molecule has 4 heteroatoms. The Balaban J connectivity index is 2.65. The Hall–Kier alpha value is -2.23. The van der Waals surface area contributed by atoms with Gasteiger partial charge in [0.15, 0.2) is 11.5 Å². The van der Waals surface area contributed by atoms with E-state index in [2.05, 4.69) is 6.58 Å². The van der Waals surface area contributed by atoms with Gasteiger partial charge in [0.05, 0.1) is 0 Å². The van der Waals surface area contributed by atoms with Gasteiger partial charge in [0.25, 0.3) is 0 Å². The first-order valence-corrected chi connectivity index (χ1v) is 4.61. The quantitative estimate of drug-likeness (QED) is 0.351. The van der Waals surface area contributed by atoms with Gasteiger partial charge in [-0.15, -0.1) is 0 Å². The minimum Gasteiger partial charge on any atom is -0.504 e. The lowest BCUT2D eigenvalue weighted by Gasteiger charge is -1.98. The Morgan fingerprint density at radius 2 is 2.12 bits per heavy atom. The molecule has 0 atom stereocenters. The summed E-state index contributed by atoms with van der Waals surface area (Å²) in [5.74, 6) is -0.930. The van der Waals surface area contributed by atoms with E-state index in [9.17, 15) is 9.90 Å². The molecule has 0 aliphatic carbocycles. The van der Waals surface area contributed by atoms with Gasteiger partial charge in [-0.3, -0.25) is 0 Å². The van der Waals surface area contributed by atoms with E-state index < -0.39 is 5.97 Å². The number of carbonyl (C=O) groups is 1. The lowest BCUT2D eigenvalue weighted by molar-refractivity contribution is -0.136. The molecule has 0 radical (unpaired) electrons. The van der Waals surface area contributed by atoms with Crippen LogP contribution in [0.5, 0.6) is 11.5 Å². The lowest BCUT2D eigenvalue weighted by Crippen LogP contribution is -1.99. The third-order valence-corrected chi connectivity index (χ3v) is 1.75. The lowest BCUT2D eigenvalue weighted by atomic mass is 10.2. The largest absolute Gasteiger partial charge is 0.504 e. The molecule has 0 spiro atoms. The summed E-state index contributed by atoms with van der Waals surface area (Å²) in [5.41, 5.74) is 0.589. The maximum absolute atomic E-state index is 11.1. The summed E-state index contributed by atoms with van der Waals surface area (Å²) in [5, 5.41) is 18.3. The van der Waals surface area contributed by atoms with Crippen LogP contribution < -0.4 is 0 Å². The summed E-state index contributed by atoms with van der Waals surface area (Å²) < 4.78 is 4.71. The average molecular weight is 220 g/mol. The second-order valence-electron chi connectivity index (χ2n) is 3.00. The maximum Gasteiger partial charge on any atom is 0.331 e. The Morgan fingerprint density at radius 1 is 1.38 bits per heavy atom. The van der Waals surface area contributed by atoms with Crippen LogP contribution in [-0.2, 0) is 9.53 Å². The Morgan fingerprint density at radius 3 is 2.75 bits per heavy atom. The molecule has 0 unspecified atom stereocenters. The van der Waals surface area contributed by atoms with Gasteiger partial charge in [0.2, 0.25) is 0 Å². The van der Waals surface area contributed by atoms with Crippen LogP contribution in [0.2, 0.25) is 0 Å². The highest BCUT2D eigenvalue weighted by molar-refractivity contribution is 5.87. The van der Waals surface area contributed by atoms with Crippen molar-refractivity contribution in [1.82, 2.24) is 0 Å². The number of hydrogen-bond donors (Lipinski definition) is 2. The minimum atomic E-state index is -0.493. The third-order valence-electron chi connectivity index (χ3n) is 1.75. The highest BCUT2D eigenvalue weighted by atomic mass is 16.5. The van der Waals surface area contributed by atoms with Crippen LogP contribution in [0.1, 0.15) is 5.56 Å². The predicted molar refractivity (Wildman–Crippen MR) is 60.0 cm³/mol. The van der Waals surface area contributed by atoms with Gasteiger partial charge in [0.1, 0.15) is 6.61 Å². The van der Waals surface area contributed by atoms with Gasteiger partial charge in [-0.2, -0.15) is 0 Å². The molecular weight excluding hydrogens is 208 g/mol. The smallest absolute Gasteiger partial charge is 0.331 e. The summed E-state index contributed by atoms with van der Waals surface area (Å²) in [7, 11) is 0. The first-order chi connectivity index (χ1) is 7.63. The van der Waals surface area contributed by atoms with E-state index in [1.165, 1.54) is 30.4 Å². The zero-order chi connectivity index (χ0) is 12.0. The van der Waals surface area contributed by atoms with E-state index in [1.54, 1.807) is 6.07 Å². The standard InChI is InChI=1S/C12H12O4/c1-2-7-16-12(15)6-4-9-3-5-10(13)11(14)8-9/h2-6,8,13-14H,1,7H2. The van der Waals surface area contributed by atoms with Gasteiger partial charge in [-0.05, 0) is 23.8 Å². The number of phenolic OH excluding ortho intramolecular Hbond substituents is 2. The molecule has 0 saturated heterocycles. The van der Waals surface area contributed by atoms with Crippen molar-refractivity contribution >= 4 is 12.0 Å². The molecule has 4 nitrogen and oxygen atoms in total. The number of ether oxygens (including phenoxy) is 1. The Labute approximate surface area is 93.1 Å². The van der Waals surface area contributed by atoms with Crippen LogP contribution in [0.4, 0.5) is 0 Å². The van der Waals surface area contributed by atoms with Crippen molar-refractivity contribution in [3.63, 3.8) is 0 Å². The molecule has 0 aromatic heterocycles. The molecule has 0 amide bonds. The van der Waals surface area contributed by atoms with Crippen molar-refractivity contribution in [3.8, 4) is 11.5 Å². The molecule has 0 aliphatic rings. The molecule has 1 rings (SSSR count). The van der Waals surface area contributed by atoms with Crippen LogP contribution >= 0.6 is 0 Å². The molecular formula is C12H12O4. The molecule has 0 aliphatic heterocycles. The number of rotatable bonds is 4. The first-order valence-electron chi connectivity index (χ1n) is 4.61. The number of hydrogen-bond acceptors (Lipinski definition) is 4. The monoisotopic (exact) mass is 220 g/mol. The van der Waals surface area contributed by atoms with Gasteiger partial charge < -0.3 is 14.9 Å². The topological polar surface area (TPSA) is 66.8 Å². The normalized spacial score (nSPS) is 10.2. The van der Waals surface area contributed by atoms with Gasteiger partial charge in [0, 0.05) is 6.08 Å². The summed E-state index contributed by atoms with van der Waals surface area (Å²) in [4.78, 5) is 11.1. The van der Waals surface area contributed by atoms with Crippen LogP contribution in [0.25, 0.3) is 6.08 Å². The van der Waals surface area contributed by atoms with Crippen molar-refractivity contribution in [2.75, 3.05) is 6.61 Å². The molecule has 1 aromatic rings. The van der Waals surface area contributed by atoms with Gasteiger partial charge in [-0.1, -0.05) is 18.7 Å². The highest BCUT2D eigenvalue weighted by Gasteiger charge is 1.99. The van der Waals surface area contributed by atoms with Crippen LogP contribution in [-0.4, -0.2) is 22.8 Å². The fourth-order valence-corrected chi connectivity index (χ4v) is 0.998. The molecule has 16 heavy (non-hydrogen) atoms. The first kappa shape index (κ1) is 11.8. The second-order valence-corrected chi connectivity index (χ2v) is 3.00. The van der Waals surface area contributed by atoms with Crippen molar-refractivity contribution in [2.24, 2.45) is 0 Å². The van der Waals surface area contributed by atoms with Crippen molar-refractivity contribution in [2.45, 2.75) is 0 Å². The SMILES string of the molecule is C=CCOC(=O)C=Cc1ccc(O)c(O)c1. The predicted octanol–water partition coefficient (Wildman–Crippen LogP) is 1.84.